The van der Waals surface area contributed by atoms with Crippen molar-refractivity contribution >= 4 is 16.2 Å². The summed E-state index contributed by atoms with van der Waals surface area (Å²) < 4.78 is 32.0. The zero-order valence-corrected chi connectivity index (χ0v) is 11.2. The molecule has 0 aliphatic heterocycles. The van der Waals surface area contributed by atoms with Crippen molar-refractivity contribution in [2.24, 2.45) is 0 Å². The van der Waals surface area contributed by atoms with Crippen LogP contribution in [0.2, 0.25) is 0 Å². The van der Waals surface area contributed by atoms with Crippen LogP contribution in [0.1, 0.15) is 5.56 Å². The molecule has 0 saturated carbocycles. The summed E-state index contributed by atoms with van der Waals surface area (Å²) in [5.41, 5.74) is 0.632. The zero-order valence-electron chi connectivity index (χ0n) is 10.4. The molecule has 0 aliphatic rings. The number of H-pyrrole nitrogens is 1. The molecule has 0 bridgehead atoms. The number of allylic oxidation sites excluding steroid dienone is 2. The molecular weight excluding hydrogens is 280 g/mol. The maximum atomic E-state index is 12.0. The summed E-state index contributed by atoms with van der Waals surface area (Å²) in [6.45, 7) is 3.52. The van der Waals surface area contributed by atoms with Crippen LogP contribution in [0.15, 0.2) is 58.9 Å². The van der Waals surface area contributed by atoms with Gasteiger partial charge in [-0.3, -0.25) is 14.4 Å². The van der Waals surface area contributed by atoms with E-state index in [2.05, 4.69) is 11.7 Å². The molecule has 0 radical (unpaired) electrons. The minimum atomic E-state index is -4.24. The summed E-state index contributed by atoms with van der Waals surface area (Å²) in [5.74, 6) is 0. The van der Waals surface area contributed by atoms with E-state index in [4.69, 9.17) is 4.55 Å². The molecule has 2 N–H and O–H groups in total. The zero-order chi connectivity index (χ0) is 14.8. The quantitative estimate of drug-likeness (QED) is 0.661. The first-order valence-electron chi connectivity index (χ1n) is 5.61. The Kier molecular flexibility index (Phi) is 3.73. The van der Waals surface area contributed by atoms with Crippen molar-refractivity contribution in [1.82, 2.24) is 9.78 Å². The third-order valence-electron chi connectivity index (χ3n) is 2.60. The summed E-state index contributed by atoms with van der Waals surface area (Å²) in [5, 5.41) is 2.76. The Morgan fingerprint density at radius 3 is 2.45 bits per heavy atom. The lowest BCUT2D eigenvalue weighted by atomic mass is 10.3. The summed E-state index contributed by atoms with van der Waals surface area (Å²) in [6, 6.07) is 5.28. The average Bonchev–Trinajstić information content (AvgIpc) is 2.77. The molecule has 0 unspecified atom stereocenters. The van der Waals surface area contributed by atoms with Crippen molar-refractivity contribution in [2.75, 3.05) is 0 Å². The lowest BCUT2D eigenvalue weighted by molar-refractivity contribution is 0.483. The van der Waals surface area contributed by atoms with Crippen LogP contribution >= 0.6 is 0 Å². The highest BCUT2D eigenvalue weighted by atomic mass is 32.2. The minimum Gasteiger partial charge on any atom is -0.298 e. The topological polar surface area (TPSA) is 92.2 Å². The second-order valence-electron chi connectivity index (χ2n) is 3.93. The van der Waals surface area contributed by atoms with Gasteiger partial charge in [0.2, 0.25) is 0 Å². The minimum absolute atomic E-state index is 0.229. The SMILES string of the molecule is C=CC=Cc1c[nH]n(-c2ccc(S(=O)(=O)O)cc2)c1=O. The van der Waals surface area contributed by atoms with Gasteiger partial charge in [-0.05, 0) is 30.3 Å². The fourth-order valence-electron chi connectivity index (χ4n) is 1.63. The van der Waals surface area contributed by atoms with Crippen LogP contribution in [0.25, 0.3) is 11.8 Å². The molecular formula is C13H12N2O4S. The maximum absolute atomic E-state index is 12.0. The monoisotopic (exact) mass is 292 g/mol. The number of rotatable bonds is 4. The Labute approximate surface area is 115 Å². The molecule has 20 heavy (non-hydrogen) atoms. The third-order valence-corrected chi connectivity index (χ3v) is 3.47. The van der Waals surface area contributed by atoms with Crippen molar-refractivity contribution in [2.45, 2.75) is 4.90 Å². The number of hydrogen-bond acceptors (Lipinski definition) is 3. The van der Waals surface area contributed by atoms with E-state index in [-0.39, 0.29) is 10.5 Å². The highest BCUT2D eigenvalue weighted by molar-refractivity contribution is 7.85. The molecule has 0 spiro atoms. The molecule has 7 heteroatoms. The van der Waals surface area contributed by atoms with Gasteiger partial charge in [0.05, 0.1) is 16.1 Å². The second kappa shape index (κ2) is 5.32. The lowest BCUT2D eigenvalue weighted by Crippen LogP contribution is -2.16. The van der Waals surface area contributed by atoms with Crippen molar-refractivity contribution in [3.05, 3.63) is 65.1 Å². The Morgan fingerprint density at radius 1 is 1.25 bits per heavy atom. The van der Waals surface area contributed by atoms with Crippen molar-refractivity contribution in [3.8, 4) is 5.69 Å². The number of aromatic nitrogens is 2. The van der Waals surface area contributed by atoms with Gasteiger partial charge in [-0.15, -0.1) is 0 Å². The molecule has 0 saturated heterocycles. The van der Waals surface area contributed by atoms with Crippen LogP contribution in [0.3, 0.4) is 0 Å². The molecule has 0 aliphatic carbocycles. The number of nitrogens with one attached hydrogen (secondary N) is 1. The normalized spacial score (nSPS) is 11.8. The van der Waals surface area contributed by atoms with Crippen LogP contribution in [0.5, 0.6) is 0 Å². The van der Waals surface area contributed by atoms with Gasteiger partial charge in [0, 0.05) is 6.20 Å². The predicted molar refractivity (Wildman–Crippen MR) is 75.4 cm³/mol. The van der Waals surface area contributed by atoms with Crippen LogP contribution < -0.4 is 5.56 Å². The number of benzene rings is 1. The highest BCUT2D eigenvalue weighted by Crippen LogP contribution is 2.12. The van der Waals surface area contributed by atoms with Gasteiger partial charge in [0.1, 0.15) is 0 Å². The largest absolute Gasteiger partial charge is 0.298 e. The molecule has 1 heterocycles. The molecule has 104 valence electrons. The predicted octanol–water partition coefficient (Wildman–Crippen LogP) is 1.61. The second-order valence-corrected chi connectivity index (χ2v) is 5.35. The molecule has 0 amide bonds. The van der Waals surface area contributed by atoms with Crippen LogP contribution in [0, 0.1) is 0 Å². The van der Waals surface area contributed by atoms with E-state index in [1.807, 2.05) is 0 Å². The van der Waals surface area contributed by atoms with Gasteiger partial charge in [-0.2, -0.15) is 8.42 Å². The Hall–Kier alpha value is -2.38. The molecule has 6 nitrogen and oxygen atoms in total. The van der Waals surface area contributed by atoms with Crippen LogP contribution in [0.4, 0.5) is 0 Å². The van der Waals surface area contributed by atoms with E-state index in [9.17, 15) is 13.2 Å². The van der Waals surface area contributed by atoms with Crippen LogP contribution in [-0.2, 0) is 10.1 Å². The number of aromatic amines is 1. The van der Waals surface area contributed by atoms with Crippen molar-refractivity contribution in [3.63, 3.8) is 0 Å². The number of hydrogen-bond donors (Lipinski definition) is 2. The standard InChI is InChI=1S/C13H12N2O4S/c1-2-3-4-10-9-14-15(13(10)16)11-5-7-12(8-6-11)20(17,18)19/h2-9,14H,1H2,(H,17,18,19). The summed E-state index contributed by atoms with van der Waals surface area (Å²) in [4.78, 5) is 11.8. The van der Waals surface area contributed by atoms with E-state index in [1.54, 1.807) is 18.2 Å². The average molecular weight is 292 g/mol. The Bertz CT molecular complexity index is 811. The van der Waals surface area contributed by atoms with Crippen molar-refractivity contribution in [1.29, 1.82) is 0 Å². The lowest BCUT2D eigenvalue weighted by Gasteiger charge is -2.02. The summed E-state index contributed by atoms with van der Waals surface area (Å²) in [7, 11) is -4.24. The fraction of sp³-hybridized carbons (Fsp3) is 0. The van der Waals surface area contributed by atoms with E-state index >= 15 is 0 Å². The van der Waals surface area contributed by atoms with Gasteiger partial charge < -0.3 is 0 Å². The van der Waals surface area contributed by atoms with E-state index in [0.29, 0.717) is 11.3 Å². The van der Waals surface area contributed by atoms with Gasteiger partial charge in [0.15, 0.2) is 0 Å². The summed E-state index contributed by atoms with van der Waals surface area (Å²) >= 11 is 0. The maximum Gasteiger partial charge on any atom is 0.294 e. The number of nitrogens with zero attached hydrogens (tertiary/aromatic N) is 1. The Morgan fingerprint density at radius 2 is 1.90 bits per heavy atom. The van der Waals surface area contributed by atoms with E-state index in [0.717, 1.165) is 0 Å². The first-order valence-corrected chi connectivity index (χ1v) is 7.05. The molecule has 1 aromatic heterocycles. The van der Waals surface area contributed by atoms with Gasteiger partial charge in [-0.25, -0.2) is 4.68 Å². The molecule has 0 atom stereocenters. The summed E-state index contributed by atoms with van der Waals surface area (Å²) in [6.07, 6.45) is 6.32. The highest BCUT2D eigenvalue weighted by Gasteiger charge is 2.10. The van der Waals surface area contributed by atoms with E-state index in [1.165, 1.54) is 35.1 Å². The molecule has 0 fully saturated rings. The first kappa shape index (κ1) is 14.0. The molecule has 1 aromatic carbocycles. The third kappa shape index (κ3) is 2.79. The van der Waals surface area contributed by atoms with E-state index < -0.39 is 10.1 Å². The Balaban J connectivity index is 2.43. The fourth-order valence-corrected chi connectivity index (χ4v) is 2.11. The van der Waals surface area contributed by atoms with Crippen molar-refractivity contribution < 1.29 is 13.0 Å². The first-order chi connectivity index (χ1) is 9.43. The smallest absolute Gasteiger partial charge is 0.294 e. The molecule has 2 rings (SSSR count). The van der Waals surface area contributed by atoms with Gasteiger partial charge in [0.25, 0.3) is 15.7 Å². The van der Waals surface area contributed by atoms with Gasteiger partial charge in [-0.1, -0.05) is 18.7 Å². The van der Waals surface area contributed by atoms with Gasteiger partial charge >= 0.3 is 0 Å². The van der Waals surface area contributed by atoms with Crippen LogP contribution in [-0.4, -0.2) is 22.8 Å². The molecule has 2 aromatic rings.